The number of piperazine rings is 1. The summed E-state index contributed by atoms with van der Waals surface area (Å²) < 4.78 is 6.23. The van der Waals surface area contributed by atoms with Crippen molar-refractivity contribution in [3.63, 3.8) is 0 Å². The van der Waals surface area contributed by atoms with Crippen molar-refractivity contribution in [3.8, 4) is 5.75 Å². The minimum Gasteiger partial charge on any atom is -0.495 e. The highest BCUT2D eigenvalue weighted by atomic mass is 79.9. The molecule has 1 aliphatic rings. The van der Waals surface area contributed by atoms with Crippen LogP contribution in [-0.4, -0.2) is 51.3 Å². The van der Waals surface area contributed by atoms with Gasteiger partial charge >= 0.3 is 6.03 Å². The minimum absolute atomic E-state index is 0.00194. The molecule has 5 nitrogen and oxygen atoms in total. The number of ether oxygens (including phenoxy) is 1. The first kappa shape index (κ1) is 14.1. The van der Waals surface area contributed by atoms with E-state index < -0.39 is 0 Å². The van der Waals surface area contributed by atoms with Gasteiger partial charge in [-0.15, -0.1) is 0 Å². The van der Waals surface area contributed by atoms with E-state index in [2.05, 4.69) is 21.2 Å². The number of nitrogens with one attached hydrogen (secondary N) is 1. The topological polar surface area (TPSA) is 44.8 Å². The first-order valence-corrected chi connectivity index (χ1v) is 6.99. The second kappa shape index (κ2) is 6.25. The summed E-state index contributed by atoms with van der Waals surface area (Å²) in [5, 5.41) is 3.24. The summed E-state index contributed by atoms with van der Waals surface area (Å²) in [6.45, 7) is 3.16. The summed E-state index contributed by atoms with van der Waals surface area (Å²) in [6.07, 6.45) is 0. The number of nitrogens with zero attached hydrogens (tertiary/aromatic N) is 2. The highest BCUT2D eigenvalue weighted by Gasteiger charge is 2.22. The summed E-state index contributed by atoms with van der Waals surface area (Å²) in [4.78, 5) is 15.9. The van der Waals surface area contributed by atoms with Gasteiger partial charge in [-0.2, -0.15) is 0 Å². The highest BCUT2D eigenvalue weighted by Crippen LogP contribution is 2.31. The summed E-state index contributed by atoms with van der Waals surface area (Å²) in [5.41, 5.74) is 0.764. The zero-order valence-electron chi connectivity index (χ0n) is 11.1. The maximum absolute atomic E-state index is 12.4. The molecule has 0 atom stereocenters. The molecule has 0 aromatic heterocycles. The van der Waals surface area contributed by atoms with Crippen LogP contribution < -0.4 is 15.0 Å². The van der Waals surface area contributed by atoms with Crippen molar-refractivity contribution in [2.24, 2.45) is 0 Å². The van der Waals surface area contributed by atoms with Gasteiger partial charge in [0.2, 0.25) is 0 Å². The molecule has 104 valence electrons. The first-order valence-electron chi connectivity index (χ1n) is 6.20. The number of amides is 2. The van der Waals surface area contributed by atoms with Crippen molar-refractivity contribution < 1.29 is 9.53 Å². The van der Waals surface area contributed by atoms with Crippen LogP contribution in [0.25, 0.3) is 0 Å². The Morgan fingerprint density at radius 3 is 2.74 bits per heavy atom. The smallest absolute Gasteiger partial charge is 0.324 e. The Labute approximate surface area is 121 Å². The Balaban J connectivity index is 2.20. The lowest BCUT2D eigenvalue weighted by molar-refractivity contribution is 0.198. The van der Waals surface area contributed by atoms with E-state index in [1.807, 2.05) is 23.1 Å². The van der Waals surface area contributed by atoms with Gasteiger partial charge < -0.3 is 15.0 Å². The predicted octanol–water partition coefficient (Wildman–Crippen LogP) is 1.92. The van der Waals surface area contributed by atoms with Gasteiger partial charge in [-0.05, 0) is 18.2 Å². The SMILES string of the molecule is COc1ccc(Br)cc1N(C)C(=O)N1CCNCC1. The lowest BCUT2D eigenvalue weighted by atomic mass is 10.2. The maximum Gasteiger partial charge on any atom is 0.324 e. The number of anilines is 1. The Morgan fingerprint density at radius 1 is 1.42 bits per heavy atom. The van der Waals surface area contributed by atoms with Gasteiger partial charge in [0.1, 0.15) is 5.75 Å². The van der Waals surface area contributed by atoms with Crippen molar-refractivity contribution in [1.29, 1.82) is 0 Å². The molecule has 0 unspecified atom stereocenters. The number of hydrogen-bond donors (Lipinski definition) is 1. The van der Waals surface area contributed by atoms with Crippen LogP contribution in [0, 0.1) is 0 Å². The van der Waals surface area contributed by atoms with E-state index in [1.54, 1.807) is 19.1 Å². The molecule has 0 radical (unpaired) electrons. The quantitative estimate of drug-likeness (QED) is 0.902. The lowest BCUT2D eigenvalue weighted by Gasteiger charge is -2.32. The molecule has 0 spiro atoms. The first-order chi connectivity index (χ1) is 9.13. The molecule has 0 bridgehead atoms. The zero-order chi connectivity index (χ0) is 13.8. The molecule has 1 saturated heterocycles. The van der Waals surface area contributed by atoms with Gasteiger partial charge in [0.25, 0.3) is 0 Å². The molecule has 2 rings (SSSR count). The van der Waals surface area contributed by atoms with Crippen LogP contribution in [0.15, 0.2) is 22.7 Å². The summed E-state index contributed by atoms with van der Waals surface area (Å²) in [5.74, 6) is 0.689. The summed E-state index contributed by atoms with van der Waals surface area (Å²) in [6, 6.07) is 5.63. The molecule has 1 aromatic rings. The fourth-order valence-electron chi connectivity index (χ4n) is 2.10. The fraction of sp³-hybridized carbons (Fsp3) is 0.462. The van der Waals surface area contributed by atoms with Crippen LogP contribution >= 0.6 is 15.9 Å². The zero-order valence-corrected chi connectivity index (χ0v) is 12.7. The fourth-order valence-corrected chi connectivity index (χ4v) is 2.45. The van der Waals surface area contributed by atoms with Crippen molar-refractivity contribution in [3.05, 3.63) is 22.7 Å². The Bertz CT molecular complexity index is 461. The van der Waals surface area contributed by atoms with Gasteiger partial charge in [-0.25, -0.2) is 4.79 Å². The van der Waals surface area contributed by atoms with E-state index >= 15 is 0 Å². The van der Waals surface area contributed by atoms with Crippen molar-refractivity contribution >= 4 is 27.6 Å². The van der Waals surface area contributed by atoms with E-state index in [0.717, 1.165) is 36.3 Å². The van der Waals surface area contributed by atoms with Crippen molar-refractivity contribution in [2.75, 3.05) is 45.2 Å². The van der Waals surface area contributed by atoms with Crippen LogP contribution in [0.2, 0.25) is 0 Å². The van der Waals surface area contributed by atoms with Gasteiger partial charge in [0, 0.05) is 37.7 Å². The predicted molar refractivity (Wildman–Crippen MR) is 78.9 cm³/mol. The maximum atomic E-state index is 12.4. The summed E-state index contributed by atoms with van der Waals surface area (Å²) >= 11 is 3.42. The highest BCUT2D eigenvalue weighted by molar-refractivity contribution is 9.10. The number of benzene rings is 1. The lowest BCUT2D eigenvalue weighted by Crippen LogP contribution is -2.50. The molecule has 0 aliphatic carbocycles. The van der Waals surface area contributed by atoms with E-state index in [-0.39, 0.29) is 6.03 Å². The second-order valence-electron chi connectivity index (χ2n) is 4.39. The van der Waals surface area contributed by atoms with E-state index in [9.17, 15) is 4.79 Å². The Morgan fingerprint density at radius 2 is 2.11 bits per heavy atom. The molecular formula is C13H18BrN3O2. The average Bonchev–Trinajstić information content (AvgIpc) is 2.46. The minimum atomic E-state index is -0.00194. The third kappa shape index (κ3) is 3.19. The van der Waals surface area contributed by atoms with Crippen molar-refractivity contribution in [1.82, 2.24) is 10.2 Å². The number of urea groups is 1. The molecular weight excluding hydrogens is 310 g/mol. The van der Waals surface area contributed by atoms with Crippen LogP contribution in [0.4, 0.5) is 10.5 Å². The second-order valence-corrected chi connectivity index (χ2v) is 5.31. The molecule has 1 fully saturated rings. The molecule has 1 heterocycles. The van der Waals surface area contributed by atoms with Gasteiger partial charge in [-0.3, -0.25) is 4.90 Å². The van der Waals surface area contributed by atoms with Gasteiger partial charge in [0.15, 0.2) is 0 Å². The van der Waals surface area contributed by atoms with Crippen LogP contribution in [-0.2, 0) is 0 Å². The van der Waals surface area contributed by atoms with Gasteiger partial charge in [-0.1, -0.05) is 15.9 Å². The molecule has 19 heavy (non-hydrogen) atoms. The average molecular weight is 328 g/mol. The number of methoxy groups -OCH3 is 1. The largest absolute Gasteiger partial charge is 0.495 e. The van der Waals surface area contributed by atoms with Gasteiger partial charge in [0.05, 0.1) is 12.8 Å². The van der Waals surface area contributed by atoms with Crippen molar-refractivity contribution in [2.45, 2.75) is 0 Å². The molecule has 6 heteroatoms. The van der Waals surface area contributed by atoms with Crippen LogP contribution in [0.1, 0.15) is 0 Å². The molecule has 1 aromatic carbocycles. The van der Waals surface area contributed by atoms with Crippen LogP contribution in [0.3, 0.4) is 0 Å². The monoisotopic (exact) mass is 327 g/mol. The van der Waals surface area contributed by atoms with E-state index in [4.69, 9.17) is 4.74 Å². The normalized spacial score (nSPS) is 15.2. The third-order valence-electron chi connectivity index (χ3n) is 3.18. The summed E-state index contributed by atoms with van der Waals surface area (Å²) in [7, 11) is 3.38. The number of carbonyl (C=O) groups is 1. The number of carbonyl (C=O) groups excluding carboxylic acids is 1. The number of hydrogen-bond acceptors (Lipinski definition) is 3. The Hall–Kier alpha value is -1.27. The van der Waals surface area contributed by atoms with E-state index in [0.29, 0.717) is 5.75 Å². The third-order valence-corrected chi connectivity index (χ3v) is 3.67. The standard InChI is InChI=1S/C13H18BrN3O2/c1-16(13(18)17-7-5-15-6-8-17)11-9-10(14)3-4-12(11)19-2/h3-4,9,15H,5-8H2,1-2H3. The number of rotatable bonds is 2. The number of halogens is 1. The van der Waals surface area contributed by atoms with E-state index in [1.165, 1.54) is 0 Å². The Kier molecular flexibility index (Phi) is 4.66. The van der Waals surface area contributed by atoms with Crippen LogP contribution in [0.5, 0.6) is 5.75 Å². The molecule has 1 N–H and O–H groups in total. The molecule has 0 saturated carbocycles. The molecule has 2 amide bonds. The molecule has 1 aliphatic heterocycles.